The molecule has 8 heteroatoms. The second-order valence-corrected chi connectivity index (χ2v) is 4.45. The number of H-pyrrole nitrogens is 1. The van der Waals surface area contributed by atoms with E-state index in [0.29, 0.717) is 18.9 Å². The predicted molar refractivity (Wildman–Crippen MR) is 74.2 cm³/mol. The Labute approximate surface area is 120 Å². The van der Waals surface area contributed by atoms with Crippen LogP contribution in [0.4, 0.5) is 0 Å². The fraction of sp³-hybridized carbons (Fsp3) is 0.462. The average Bonchev–Trinajstić information content (AvgIpc) is 2.80. The molecule has 2 rings (SSSR count). The number of hydrogen-bond acceptors (Lipinski definition) is 6. The van der Waals surface area contributed by atoms with Gasteiger partial charge in [0.25, 0.3) is 11.5 Å². The molecule has 2 aromatic heterocycles. The summed E-state index contributed by atoms with van der Waals surface area (Å²) in [7, 11) is 1.52. The van der Waals surface area contributed by atoms with Gasteiger partial charge in [-0.15, -0.1) is 0 Å². The Morgan fingerprint density at radius 2 is 2.29 bits per heavy atom. The summed E-state index contributed by atoms with van der Waals surface area (Å²) in [5.41, 5.74) is -0.143. The van der Waals surface area contributed by atoms with Gasteiger partial charge in [-0.1, -0.05) is 0 Å². The summed E-state index contributed by atoms with van der Waals surface area (Å²) < 4.78 is 10.3. The SMILES string of the molecule is COCCN(CCO)C(=O)c1c(C)oc2nc[nH]c(=O)c12. The molecule has 0 saturated heterocycles. The summed E-state index contributed by atoms with van der Waals surface area (Å²) in [4.78, 5) is 32.3. The topological polar surface area (TPSA) is 109 Å². The number of methoxy groups -OCH3 is 1. The molecule has 0 unspecified atom stereocenters. The van der Waals surface area contributed by atoms with E-state index in [-0.39, 0.29) is 29.8 Å². The van der Waals surface area contributed by atoms with Gasteiger partial charge in [0.1, 0.15) is 11.1 Å². The van der Waals surface area contributed by atoms with Gasteiger partial charge in [-0.2, -0.15) is 0 Å². The van der Waals surface area contributed by atoms with Crippen LogP contribution >= 0.6 is 0 Å². The van der Waals surface area contributed by atoms with Crippen molar-refractivity contribution in [3.63, 3.8) is 0 Å². The quantitative estimate of drug-likeness (QED) is 0.770. The zero-order valence-corrected chi connectivity index (χ0v) is 11.9. The molecule has 0 aliphatic rings. The van der Waals surface area contributed by atoms with E-state index >= 15 is 0 Å². The third-order valence-electron chi connectivity index (χ3n) is 3.11. The highest BCUT2D eigenvalue weighted by molar-refractivity contribution is 6.06. The minimum absolute atomic E-state index is 0.121. The Morgan fingerprint density at radius 1 is 1.52 bits per heavy atom. The fourth-order valence-corrected chi connectivity index (χ4v) is 2.11. The number of aryl methyl sites for hydroxylation is 1. The van der Waals surface area contributed by atoms with Crippen LogP contribution in [0.15, 0.2) is 15.5 Å². The Hall–Kier alpha value is -2.19. The van der Waals surface area contributed by atoms with Crippen molar-refractivity contribution < 1.29 is 19.1 Å². The number of aliphatic hydroxyl groups is 1. The maximum atomic E-state index is 12.6. The number of nitrogens with one attached hydrogen (secondary N) is 1. The van der Waals surface area contributed by atoms with Crippen LogP contribution in [0, 0.1) is 6.92 Å². The maximum Gasteiger partial charge on any atom is 0.262 e. The number of hydrogen-bond donors (Lipinski definition) is 2. The number of fused-ring (bicyclic) bond motifs is 1. The minimum Gasteiger partial charge on any atom is -0.442 e. The molecule has 1 amide bonds. The molecule has 21 heavy (non-hydrogen) atoms. The van der Waals surface area contributed by atoms with Crippen LogP contribution in [0.3, 0.4) is 0 Å². The molecule has 0 fully saturated rings. The lowest BCUT2D eigenvalue weighted by atomic mass is 10.1. The number of furan rings is 1. The smallest absolute Gasteiger partial charge is 0.262 e. The number of aromatic nitrogens is 2. The van der Waals surface area contributed by atoms with Gasteiger partial charge in [0.2, 0.25) is 5.71 Å². The number of ether oxygens (including phenoxy) is 1. The van der Waals surface area contributed by atoms with Crippen LogP contribution in [-0.4, -0.2) is 59.3 Å². The van der Waals surface area contributed by atoms with Gasteiger partial charge in [-0.3, -0.25) is 9.59 Å². The van der Waals surface area contributed by atoms with E-state index < -0.39 is 11.5 Å². The van der Waals surface area contributed by atoms with Gasteiger partial charge >= 0.3 is 0 Å². The van der Waals surface area contributed by atoms with Crippen molar-refractivity contribution in [1.29, 1.82) is 0 Å². The van der Waals surface area contributed by atoms with Crippen molar-refractivity contribution in [2.75, 3.05) is 33.4 Å². The van der Waals surface area contributed by atoms with E-state index in [0.717, 1.165) is 0 Å². The summed E-state index contributed by atoms with van der Waals surface area (Å²) in [6.45, 7) is 2.20. The number of carbonyl (C=O) groups excluding carboxylic acids is 1. The molecule has 0 spiro atoms. The number of aliphatic hydroxyl groups excluding tert-OH is 1. The summed E-state index contributed by atoms with van der Waals surface area (Å²) in [5.74, 6) is -0.0737. The van der Waals surface area contributed by atoms with E-state index in [1.54, 1.807) is 6.92 Å². The molecule has 0 saturated carbocycles. The third-order valence-corrected chi connectivity index (χ3v) is 3.11. The predicted octanol–water partition coefficient (Wildman–Crippen LogP) is -0.0946. The van der Waals surface area contributed by atoms with E-state index in [1.807, 2.05) is 0 Å². The molecular weight excluding hydrogens is 278 g/mol. The lowest BCUT2D eigenvalue weighted by molar-refractivity contribution is 0.0656. The van der Waals surface area contributed by atoms with Crippen LogP contribution < -0.4 is 5.56 Å². The third kappa shape index (κ3) is 2.96. The molecule has 2 N–H and O–H groups in total. The molecule has 0 aromatic carbocycles. The van der Waals surface area contributed by atoms with Gasteiger partial charge in [-0.05, 0) is 6.92 Å². The molecule has 8 nitrogen and oxygen atoms in total. The highest BCUT2D eigenvalue weighted by Crippen LogP contribution is 2.22. The van der Waals surface area contributed by atoms with Crippen molar-refractivity contribution in [3.8, 4) is 0 Å². The first-order valence-electron chi connectivity index (χ1n) is 6.46. The van der Waals surface area contributed by atoms with Crippen molar-refractivity contribution >= 4 is 17.0 Å². The lowest BCUT2D eigenvalue weighted by Gasteiger charge is -2.21. The number of nitrogens with zero attached hydrogens (tertiary/aromatic N) is 2. The number of carbonyl (C=O) groups is 1. The summed E-state index contributed by atoms with van der Waals surface area (Å²) in [5, 5.41) is 9.21. The molecule has 0 radical (unpaired) electrons. The Bertz CT molecular complexity index is 691. The Balaban J connectivity index is 2.46. The van der Waals surface area contributed by atoms with Crippen LogP contribution in [0.5, 0.6) is 0 Å². The van der Waals surface area contributed by atoms with Crippen LogP contribution in [0.25, 0.3) is 11.1 Å². The van der Waals surface area contributed by atoms with Crippen LogP contribution in [-0.2, 0) is 4.74 Å². The highest BCUT2D eigenvalue weighted by Gasteiger charge is 2.25. The lowest BCUT2D eigenvalue weighted by Crippen LogP contribution is -2.36. The van der Waals surface area contributed by atoms with Gasteiger partial charge in [-0.25, -0.2) is 4.98 Å². The largest absolute Gasteiger partial charge is 0.442 e. The number of aromatic amines is 1. The van der Waals surface area contributed by atoms with E-state index in [4.69, 9.17) is 14.3 Å². The van der Waals surface area contributed by atoms with Crippen molar-refractivity contribution in [1.82, 2.24) is 14.9 Å². The van der Waals surface area contributed by atoms with Gasteiger partial charge in [0.15, 0.2) is 0 Å². The first kappa shape index (κ1) is 15.2. The molecule has 0 atom stereocenters. The number of amides is 1. The first-order valence-corrected chi connectivity index (χ1v) is 6.46. The molecule has 0 aliphatic heterocycles. The summed E-state index contributed by atoms with van der Waals surface area (Å²) in [6, 6.07) is 0. The van der Waals surface area contributed by atoms with Gasteiger partial charge in [0.05, 0.1) is 25.1 Å². The van der Waals surface area contributed by atoms with E-state index in [9.17, 15) is 9.59 Å². The van der Waals surface area contributed by atoms with Crippen molar-refractivity contribution in [2.45, 2.75) is 6.92 Å². The second kappa shape index (κ2) is 6.51. The van der Waals surface area contributed by atoms with Crippen molar-refractivity contribution in [2.24, 2.45) is 0 Å². The summed E-state index contributed by atoms with van der Waals surface area (Å²) >= 11 is 0. The monoisotopic (exact) mass is 295 g/mol. The Kier molecular flexibility index (Phi) is 4.71. The first-order chi connectivity index (χ1) is 10.1. The molecule has 114 valence electrons. The molecular formula is C13H17N3O5. The molecule has 0 bridgehead atoms. The second-order valence-electron chi connectivity index (χ2n) is 4.45. The fourth-order valence-electron chi connectivity index (χ4n) is 2.11. The number of rotatable bonds is 6. The Morgan fingerprint density at radius 3 is 2.95 bits per heavy atom. The highest BCUT2D eigenvalue weighted by atomic mass is 16.5. The van der Waals surface area contributed by atoms with Crippen LogP contribution in [0.1, 0.15) is 16.1 Å². The molecule has 2 aromatic rings. The van der Waals surface area contributed by atoms with Gasteiger partial charge < -0.3 is 24.1 Å². The van der Waals surface area contributed by atoms with Crippen molar-refractivity contribution in [3.05, 3.63) is 28.0 Å². The average molecular weight is 295 g/mol. The van der Waals surface area contributed by atoms with Crippen LogP contribution in [0.2, 0.25) is 0 Å². The van der Waals surface area contributed by atoms with E-state index in [1.165, 1.54) is 18.3 Å². The van der Waals surface area contributed by atoms with E-state index in [2.05, 4.69) is 9.97 Å². The minimum atomic E-state index is -0.434. The molecule has 0 aliphatic carbocycles. The zero-order chi connectivity index (χ0) is 15.4. The van der Waals surface area contributed by atoms with Gasteiger partial charge in [0, 0.05) is 20.2 Å². The normalized spacial score (nSPS) is 11.0. The summed E-state index contributed by atoms with van der Waals surface area (Å²) in [6.07, 6.45) is 1.22. The zero-order valence-electron chi connectivity index (χ0n) is 11.9. The standard InChI is InChI=1S/C13H17N3O5/c1-8-9(10-11(18)14-7-15-12(10)21-8)13(19)16(3-5-17)4-6-20-2/h7,17H,3-6H2,1-2H3,(H,14,15,18). The molecule has 2 heterocycles. The maximum absolute atomic E-state index is 12.6.